The predicted octanol–water partition coefficient (Wildman–Crippen LogP) is 5.35. The molecule has 0 aromatic heterocycles. The number of carbonyl (C=O) groups is 1. The molecular formula is C19H21Cl2N2O3P. The van der Waals surface area contributed by atoms with Gasteiger partial charge in [-0.2, -0.15) is 0 Å². The summed E-state index contributed by atoms with van der Waals surface area (Å²) in [7, 11) is -3.70. The quantitative estimate of drug-likeness (QED) is 0.558. The zero-order valence-electron chi connectivity index (χ0n) is 15.0. The van der Waals surface area contributed by atoms with E-state index in [9.17, 15) is 9.36 Å². The van der Waals surface area contributed by atoms with E-state index in [1.165, 1.54) is 0 Å². The Morgan fingerprint density at radius 1 is 1.07 bits per heavy atom. The second-order valence-electron chi connectivity index (χ2n) is 5.72. The Balaban J connectivity index is 2.24. The lowest BCUT2D eigenvalue weighted by Gasteiger charge is -2.22. The number of aryl methyl sites for hydroxylation is 1. The molecule has 27 heavy (non-hydrogen) atoms. The summed E-state index contributed by atoms with van der Waals surface area (Å²) >= 11 is 11.9. The molecule has 2 aromatic rings. The summed E-state index contributed by atoms with van der Waals surface area (Å²) < 4.78 is 18.5. The van der Waals surface area contributed by atoms with Gasteiger partial charge in [0.05, 0.1) is 6.61 Å². The number of halogens is 2. The third-order valence-electron chi connectivity index (χ3n) is 3.66. The largest absolute Gasteiger partial charge is 0.318 e. The molecule has 1 atom stereocenters. The van der Waals surface area contributed by atoms with Crippen LogP contribution in [-0.2, 0) is 15.6 Å². The van der Waals surface area contributed by atoms with Gasteiger partial charge in [0.15, 0.2) is 0 Å². The maximum absolute atomic E-state index is 13.4. The molecule has 0 heterocycles. The molecule has 0 aliphatic heterocycles. The van der Waals surface area contributed by atoms with E-state index in [0.29, 0.717) is 5.56 Å². The second kappa shape index (κ2) is 10.1. The van der Waals surface area contributed by atoms with Crippen LogP contribution in [0.2, 0.25) is 0 Å². The highest BCUT2D eigenvalue weighted by Gasteiger charge is 2.32. The fourth-order valence-corrected chi connectivity index (χ4v) is 4.65. The monoisotopic (exact) mass is 426 g/mol. The maximum Gasteiger partial charge on any atom is 0.318 e. The fraction of sp³-hybridized carbons (Fsp3) is 0.211. The SMILES string of the molecule is CCOP(=O)(NCc1ccccc1)C(NC(=O)c1ccc(C)cc1)=C(Cl)Cl. The van der Waals surface area contributed by atoms with Gasteiger partial charge in [-0.3, -0.25) is 9.36 Å². The first kappa shape index (κ1) is 21.7. The van der Waals surface area contributed by atoms with Crippen molar-refractivity contribution in [1.29, 1.82) is 0 Å². The maximum atomic E-state index is 13.4. The molecule has 2 rings (SSSR count). The van der Waals surface area contributed by atoms with Crippen molar-refractivity contribution in [3.05, 3.63) is 81.2 Å². The average Bonchev–Trinajstić information content (AvgIpc) is 2.65. The molecule has 1 unspecified atom stereocenters. The molecule has 8 heteroatoms. The van der Waals surface area contributed by atoms with Gasteiger partial charge in [0.1, 0.15) is 9.93 Å². The molecule has 0 radical (unpaired) electrons. The lowest BCUT2D eigenvalue weighted by atomic mass is 10.1. The van der Waals surface area contributed by atoms with Crippen LogP contribution in [0.15, 0.2) is 64.5 Å². The lowest BCUT2D eigenvalue weighted by Crippen LogP contribution is -2.27. The van der Waals surface area contributed by atoms with Gasteiger partial charge in [0, 0.05) is 12.1 Å². The normalized spacial score (nSPS) is 12.9. The highest BCUT2D eigenvalue weighted by molar-refractivity contribution is 7.61. The number of amides is 1. The summed E-state index contributed by atoms with van der Waals surface area (Å²) in [6, 6.07) is 16.3. The molecule has 0 bridgehead atoms. The van der Waals surface area contributed by atoms with Crippen LogP contribution in [0.3, 0.4) is 0 Å². The van der Waals surface area contributed by atoms with E-state index in [1.54, 1.807) is 31.2 Å². The Morgan fingerprint density at radius 3 is 2.26 bits per heavy atom. The minimum atomic E-state index is -3.70. The van der Waals surface area contributed by atoms with E-state index in [0.717, 1.165) is 11.1 Å². The Kier molecular flexibility index (Phi) is 8.08. The van der Waals surface area contributed by atoms with Crippen molar-refractivity contribution in [2.45, 2.75) is 20.4 Å². The zero-order valence-corrected chi connectivity index (χ0v) is 17.4. The Hall–Kier alpha value is -1.62. The summed E-state index contributed by atoms with van der Waals surface area (Å²) in [5.74, 6) is -0.481. The first-order chi connectivity index (χ1) is 12.9. The van der Waals surface area contributed by atoms with Crippen molar-refractivity contribution in [2.75, 3.05) is 6.61 Å². The van der Waals surface area contributed by atoms with Gasteiger partial charge in [-0.25, -0.2) is 5.09 Å². The zero-order chi connectivity index (χ0) is 19.9. The smallest absolute Gasteiger partial charge is 0.314 e. The molecule has 5 nitrogen and oxygen atoms in total. The van der Waals surface area contributed by atoms with Crippen LogP contribution in [0.4, 0.5) is 0 Å². The Labute approximate surface area is 169 Å². The first-order valence-corrected chi connectivity index (χ1v) is 10.7. The van der Waals surface area contributed by atoms with E-state index in [-0.39, 0.29) is 23.1 Å². The lowest BCUT2D eigenvalue weighted by molar-refractivity contribution is 0.0967. The van der Waals surface area contributed by atoms with Gasteiger partial charge < -0.3 is 9.84 Å². The molecule has 144 valence electrons. The van der Waals surface area contributed by atoms with Crippen LogP contribution in [0.1, 0.15) is 28.4 Å². The molecular weight excluding hydrogens is 406 g/mol. The summed E-state index contributed by atoms with van der Waals surface area (Å²) in [6.45, 7) is 4.00. The number of hydrogen-bond donors (Lipinski definition) is 2. The number of carbonyl (C=O) groups excluding carboxylic acids is 1. The van der Waals surface area contributed by atoms with E-state index in [4.69, 9.17) is 27.7 Å². The van der Waals surface area contributed by atoms with Crippen LogP contribution < -0.4 is 10.4 Å². The van der Waals surface area contributed by atoms with Gasteiger partial charge in [-0.15, -0.1) is 0 Å². The first-order valence-electron chi connectivity index (χ1n) is 8.33. The van der Waals surface area contributed by atoms with Crippen molar-refractivity contribution in [1.82, 2.24) is 10.4 Å². The predicted molar refractivity (Wildman–Crippen MR) is 110 cm³/mol. The van der Waals surface area contributed by atoms with Crippen molar-refractivity contribution >= 4 is 36.6 Å². The van der Waals surface area contributed by atoms with Crippen molar-refractivity contribution in [3.8, 4) is 0 Å². The Morgan fingerprint density at radius 2 is 1.70 bits per heavy atom. The number of hydrogen-bond acceptors (Lipinski definition) is 3. The van der Waals surface area contributed by atoms with Gasteiger partial charge in [-0.1, -0.05) is 71.2 Å². The van der Waals surface area contributed by atoms with Crippen LogP contribution in [0.5, 0.6) is 0 Å². The summed E-state index contributed by atoms with van der Waals surface area (Å²) in [5, 5.41) is 5.39. The molecule has 2 N–H and O–H groups in total. The van der Waals surface area contributed by atoms with Crippen LogP contribution in [-0.4, -0.2) is 12.5 Å². The molecule has 0 aliphatic rings. The standard InChI is InChI=1S/C19H21Cl2N2O3P/c1-3-26-27(25,22-13-15-7-5-4-6-8-15)19(17(20)21)23-18(24)16-11-9-14(2)10-12-16/h4-12H,3,13H2,1-2H3,(H,22,25)(H,23,24). The van der Waals surface area contributed by atoms with Gasteiger partial charge >= 0.3 is 7.52 Å². The minimum absolute atomic E-state index is 0.143. The minimum Gasteiger partial charge on any atom is -0.314 e. The second-order valence-corrected chi connectivity index (χ2v) is 8.79. The molecule has 1 amide bonds. The summed E-state index contributed by atoms with van der Waals surface area (Å²) in [4.78, 5) is 12.5. The van der Waals surface area contributed by atoms with Crippen LogP contribution >= 0.6 is 30.7 Å². The molecule has 0 aliphatic carbocycles. The highest BCUT2D eigenvalue weighted by Crippen LogP contribution is 2.52. The van der Waals surface area contributed by atoms with Crippen molar-refractivity contribution < 1.29 is 13.9 Å². The van der Waals surface area contributed by atoms with E-state index in [2.05, 4.69) is 10.4 Å². The number of benzene rings is 2. The highest BCUT2D eigenvalue weighted by atomic mass is 35.5. The third-order valence-corrected chi connectivity index (χ3v) is 6.43. The van der Waals surface area contributed by atoms with Crippen molar-refractivity contribution in [2.24, 2.45) is 0 Å². The summed E-state index contributed by atoms with van der Waals surface area (Å²) in [5.41, 5.74) is 2.13. The van der Waals surface area contributed by atoms with Gasteiger partial charge in [0.25, 0.3) is 5.91 Å². The Bertz CT molecular complexity index is 851. The number of rotatable bonds is 8. The van der Waals surface area contributed by atoms with Gasteiger partial charge in [-0.05, 0) is 31.5 Å². The van der Waals surface area contributed by atoms with Crippen LogP contribution in [0, 0.1) is 6.92 Å². The number of nitrogens with one attached hydrogen (secondary N) is 2. The van der Waals surface area contributed by atoms with E-state index < -0.39 is 13.4 Å². The molecule has 0 spiro atoms. The average molecular weight is 427 g/mol. The van der Waals surface area contributed by atoms with Gasteiger partial charge in [0.2, 0.25) is 0 Å². The molecule has 2 aromatic carbocycles. The molecule has 0 saturated heterocycles. The van der Waals surface area contributed by atoms with Crippen LogP contribution in [0.25, 0.3) is 0 Å². The molecule has 0 fully saturated rings. The van der Waals surface area contributed by atoms with E-state index >= 15 is 0 Å². The molecule has 0 saturated carbocycles. The third kappa shape index (κ3) is 6.20. The van der Waals surface area contributed by atoms with E-state index in [1.807, 2.05) is 37.3 Å². The summed E-state index contributed by atoms with van der Waals surface area (Å²) in [6.07, 6.45) is 0. The topological polar surface area (TPSA) is 67.4 Å². The van der Waals surface area contributed by atoms with Crippen molar-refractivity contribution in [3.63, 3.8) is 0 Å². The fourth-order valence-electron chi connectivity index (χ4n) is 2.28.